The van der Waals surface area contributed by atoms with E-state index in [-0.39, 0.29) is 6.61 Å². The largest absolute Gasteiger partial charge is 0.484 e. The van der Waals surface area contributed by atoms with Crippen molar-refractivity contribution < 1.29 is 19.4 Å². The van der Waals surface area contributed by atoms with Gasteiger partial charge in [-0.25, -0.2) is 4.79 Å². The van der Waals surface area contributed by atoms with Crippen molar-refractivity contribution in [2.75, 3.05) is 18.6 Å². The highest BCUT2D eigenvalue weighted by Gasteiger charge is 2.19. The number of amides is 1. The first-order valence-corrected chi connectivity index (χ1v) is 8.11. The SMILES string of the molecule is CSCC[C@@H](NC(=O)COc1ccc(Cl)c(C)c1)C(=O)O. The number of nitrogens with one attached hydrogen (secondary N) is 1. The zero-order chi connectivity index (χ0) is 15.8. The third-order valence-electron chi connectivity index (χ3n) is 2.74. The molecule has 1 amide bonds. The normalized spacial score (nSPS) is 11.8. The van der Waals surface area contributed by atoms with Gasteiger partial charge in [-0.15, -0.1) is 0 Å². The van der Waals surface area contributed by atoms with Crippen LogP contribution in [-0.4, -0.2) is 41.6 Å². The van der Waals surface area contributed by atoms with Gasteiger partial charge in [0.2, 0.25) is 0 Å². The molecule has 21 heavy (non-hydrogen) atoms. The Hall–Kier alpha value is -1.40. The van der Waals surface area contributed by atoms with Gasteiger partial charge in [-0.2, -0.15) is 11.8 Å². The molecule has 7 heteroatoms. The third kappa shape index (κ3) is 6.27. The summed E-state index contributed by atoms with van der Waals surface area (Å²) in [5.74, 6) is -0.326. The summed E-state index contributed by atoms with van der Waals surface area (Å²) >= 11 is 7.42. The summed E-state index contributed by atoms with van der Waals surface area (Å²) < 4.78 is 5.32. The summed E-state index contributed by atoms with van der Waals surface area (Å²) in [6.07, 6.45) is 2.26. The molecule has 0 aliphatic carbocycles. The highest BCUT2D eigenvalue weighted by atomic mass is 35.5. The monoisotopic (exact) mass is 331 g/mol. The maximum absolute atomic E-state index is 11.7. The number of thioether (sulfide) groups is 1. The van der Waals surface area contributed by atoms with E-state index in [2.05, 4.69) is 5.32 Å². The third-order valence-corrected chi connectivity index (χ3v) is 3.81. The first kappa shape index (κ1) is 17.7. The number of aryl methyl sites for hydroxylation is 1. The van der Waals surface area contributed by atoms with E-state index in [1.54, 1.807) is 18.2 Å². The number of benzene rings is 1. The van der Waals surface area contributed by atoms with E-state index in [4.69, 9.17) is 21.4 Å². The molecular formula is C14H18ClNO4S. The number of ether oxygens (including phenoxy) is 1. The van der Waals surface area contributed by atoms with Crippen molar-refractivity contribution in [3.8, 4) is 5.75 Å². The van der Waals surface area contributed by atoms with E-state index < -0.39 is 17.9 Å². The topological polar surface area (TPSA) is 75.6 Å². The Labute approximate surface area is 133 Å². The average Bonchev–Trinajstić information content (AvgIpc) is 2.44. The molecular weight excluding hydrogens is 314 g/mol. The van der Waals surface area contributed by atoms with Crippen LogP contribution in [0.1, 0.15) is 12.0 Å². The number of carboxylic acids is 1. The maximum Gasteiger partial charge on any atom is 0.326 e. The van der Waals surface area contributed by atoms with Gasteiger partial charge in [0.15, 0.2) is 6.61 Å². The van der Waals surface area contributed by atoms with Crippen LogP contribution in [0.4, 0.5) is 0 Å². The average molecular weight is 332 g/mol. The predicted octanol–water partition coefficient (Wildman–Crippen LogP) is 2.35. The van der Waals surface area contributed by atoms with E-state index in [9.17, 15) is 9.59 Å². The van der Waals surface area contributed by atoms with Crippen molar-refractivity contribution in [1.29, 1.82) is 0 Å². The van der Waals surface area contributed by atoms with Gasteiger partial charge < -0.3 is 15.2 Å². The molecule has 0 fully saturated rings. The first-order valence-electron chi connectivity index (χ1n) is 6.34. The van der Waals surface area contributed by atoms with Crippen molar-refractivity contribution in [3.05, 3.63) is 28.8 Å². The Morgan fingerprint density at radius 1 is 1.48 bits per heavy atom. The fourth-order valence-electron chi connectivity index (χ4n) is 1.58. The van der Waals surface area contributed by atoms with Crippen molar-refractivity contribution in [3.63, 3.8) is 0 Å². The van der Waals surface area contributed by atoms with Crippen molar-refractivity contribution in [2.24, 2.45) is 0 Å². The van der Waals surface area contributed by atoms with Gasteiger partial charge in [-0.05, 0) is 49.1 Å². The van der Waals surface area contributed by atoms with E-state index >= 15 is 0 Å². The number of halogens is 1. The molecule has 116 valence electrons. The van der Waals surface area contributed by atoms with Crippen LogP contribution < -0.4 is 10.1 Å². The molecule has 0 unspecified atom stereocenters. The molecule has 1 atom stereocenters. The molecule has 2 N–H and O–H groups in total. The minimum atomic E-state index is -1.04. The molecule has 0 aromatic heterocycles. The van der Waals surface area contributed by atoms with Crippen LogP contribution >= 0.6 is 23.4 Å². The second-order valence-electron chi connectivity index (χ2n) is 4.44. The Morgan fingerprint density at radius 2 is 2.19 bits per heavy atom. The van der Waals surface area contributed by atoms with Crippen LogP contribution in [0.3, 0.4) is 0 Å². The molecule has 1 rings (SSSR count). The molecule has 0 aliphatic rings. The first-order chi connectivity index (χ1) is 9.93. The molecule has 0 saturated carbocycles. The van der Waals surface area contributed by atoms with Crippen LogP contribution in [-0.2, 0) is 9.59 Å². The summed E-state index contributed by atoms with van der Waals surface area (Å²) in [6, 6.07) is 4.17. The number of hydrogen-bond donors (Lipinski definition) is 2. The van der Waals surface area contributed by atoms with Crippen LogP contribution in [0.15, 0.2) is 18.2 Å². The molecule has 5 nitrogen and oxygen atoms in total. The lowest BCUT2D eigenvalue weighted by molar-refractivity contribution is -0.142. The highest BCUT2D eigenvalue weighted by molar-refractivity contribution is 7.98. The summed E-state index contributed by atoms with van der Waals surface area (Å²) in [7, 11) is 0. The van der Waals surface area contributed by atoms with Crippen molar-refractivity contribution in [1.82, 2.24) is 5.32 Å². The zero-order valence-electron chi connectivity index (χ0n) is 11.9. The van der Waals surface area contributed by atoms with Gasteiger partial charge in [0.1, 0.15) is 11.8 Å². The Bertz CT molecular complexity index is 510. The van der Waals surface area contributed by atoms with Crippen LogP contribution in [0.25, 0.3) is 0 Å². The minimum absolute atomic E-state index is 0.232. The molecule has 0 bridgehead atoms. The van der Waals surface area contributed by atoms with Gasteiger partial charge in [0.25, 0.3) is 5.91 Å². The van der Waals surface area contributed by atoms with E-state index in [0.717, 1.165) is 5.56 Å². The molecule has 0 aliphatic heterocycles. The number of carbonyl (C=O) groups excluding carboxylic acids is 1. The van der Waals surface area contributed by atoms with Crippen molar-refractivity contribution >= 4 is 35.2 Å². The Kier molecular flexibility index (Phi) is 7.39. The number of aliphatic carboxylic acids is 1. The number of carboxylic acid groups (broad SMARTS) is 1. The smallest absolute Gasteiger partial charge is 0.326 e. The van der Waals surface area contributed by atoms with Gasteiger partial charge in [0, 0.05) is 5.02 Å². The van der Waals surface area contributed by atoms with Gasteiger partial charge in [-0.3, -0.25) is 4.79 Å². The molecule has 0 saturated heterocycles. The second-order valence-corrected chi connectivity index (χ2v) is 5.83. The second kappa shape index (κ2) is 8.79. The summed E-state index contributed by atoms with van der Waals surface area (Å²) in [5, 5.41) is 12.1. The predicted molar refractivity (Wildman–Crippen MR) is 84.2 cm³/mol. The number of hydrogen-bond acceptors (Lipinski definition) is 4. The van der Waals surface area contributed by atoms with Crippen molar-refractivity contribution in [2.45, 2.75) is 19.4 Å². The Balaban J connectivity index is 2.48. The van der Waals surface area contributed by atoms with Gasteiger partial charge in [-0.1, -0.05) is 11.6 Å². The standard InChI is InChI=1S/C14H18ClNO4S/c1-9-7-10(3-4-11(9)15)20-8-13(17)16-12(14(18)19)5-6-21-2/h3-4,7,12H,5-6,8H2,1-2H3,(H,16,17)(H,18,19)/t12-/m1/s1. The lowest BCUT2D eigenvalue weighted by Crippen LogP contribution is -2.43. The molecule has 1 aromatic carbocycles. The fraction of sp³-hybridized carbons (Fsp3) is 0.429. The van der Waals surface area contributed by atoms with Gasteiger partial charge in [0.05, 0.1) is 0 Å². The van der Waals surface area contributed by atoms with E-state index in [0.29, 0.717) is 22.9 Å². The quantitative estimate of drug-likeness (QED) is 0.764. The maximum atomic E-state index is 11.7. The van der Waals surface area contributed by atoms with E-state index in [1.165, 1.54) is 11.8 Å². The molecule has 0 spiro atoms. The fourth-order valence-corrected chi connectivity index (χ4v) is 2.17. The van der Waals surface area contributed by atoms with Crippen LogP contribution in [0.5, 0.6) is 5.75 Å². The van der Waals surface area contributed by atoms with E-state index in [1.807, 2.05) is 13.2 Å². The number of carbonyl (C=O) groups is 2. The van der Waals surface area contributed by atoms with Crippen LogP contribution in [0, 0.1) is 6.92 Å². The summed E-state index contributed by atoms with van der Waals surface area (Å²) in [5.41, 5.74) is 0.845. The van der Waals surface area contributed by atoms with Crippen LogP contribution in [0.2, 0.25) is 5.02 Å². The lowest BCUT2D eigenvalue weighted by atomic mass is 10.2. The molecule has 0 radical (unpaired) electrons. The molecule has 1 aromatic rings. The summed E-state index contributed by atoms with van der Waals surface area (Å²) in [4.78, 5) is 22.7. The Morgan fingerprint density at radius 3 is 2.76 bits per heavy atom. The zero-order valence-corrected chi connectivity index (χ0v) is 13.5. The highest BCUT2D eigenvalue weighted by Crippen LogP contribution is 2.20. The minimum Gasteiger partial charge on any atom is -0.484 e. The molecule has 0 heterocycles. The van der Waals surface area contributed by atoms with Gasteiger partial charge >= 0.3 is 5.97 Å². The summed E-state index contributed by atoms with van der Waals surface area (Å²) in [6.45, 7) is 1.60. The lowest BCUT2D eigenvalue weighted by Gasteiger charge is -2.14. The number of rotatable bonds is 8.